The molecule has 2 aromatic rings. The highest BCUT2D eigenvalue weighted by molar-refractivity contribution is 9.10. The van der Waals surface area contributed by atoms with E-state index in [1.54, 1.807) is 24.3 Å². The highest BCUT2D eigenvalue weighted by Crippen LogP contribution is 2.28. The van der Waals surface area contributed by atoms with Gasteiger partial charge < -0.3 is 11.1 Å². The molecule has 2 aromatic carbocycles. The Morgan fingerprint density at radius 2 is 1.90 bits per heavy atom. The number of hydrogen-bond acceptors (Lipinski definition) is 2. The summed E-state index contributed by atoms with van der Waals surface area (Å²) < 4.78 is 0.883. The van der Waals surface area contributed by atoms with Crippen LogP contribution in [0.4, 0.5) is 11.4 Å². The lowest BCUT2D eigenvalue weighted by Crippen LogP contribution is -2.15. The van der Waals surface area contributed by atoms with E-state index < -0.39 is 0 Å². The van der Waals surface area contributed by atoms with E-state index in [1.807, 2.05) is 19.9 Å². The lowest BCUT2D eigenvalue weighted by molar-refractivity contribution is 0.102. The number of halogens is 2. The molecule has 0 heterocycles. The molecule has 3 N–H and O–H groups in total. The number of benzene rings is 2. The number of aryl methyl sites for hydroxylation is 2. The molecule has 0 saturated carbocycles. The van der Waals surface area contributed by atoms with Crippen molar-refractivity contribution in [2.75, 3.05) is 11.1 Å². The minimum Gasteiger partial charge on any atom is -0.397 e. The molecule has 0 aromatic heterocycles. The fourth-order valence-corrected chi connectivity index (χ4v) is 2.82. The molecule has 2 rings (SSSR count). The second-order valence-electron chi connectivity index (χ2n) is 4.60. The van der Waals surface area contributed by atoms with Crippen molar-refractivity contribution >= 4 is 44.8 Å². The van der Waals surface area contributed by atoms with Crippen LogP contribution in [-0.2, 0) is 0 Å². The third kappa shape index (κ3) is 3.14. The Morgan fingerprint density at radius 3 is 2.50 bits per heavy atom. The number of nitrogen functional groups attached to an aromatic ring is 1. The standard InChI is InChI=1S/C15H14BrClN2O/c1-8-6-11(17)3-4-12(8)15(20)19-14-9(2)5-10(16)7-13(14)18/h3-7H,18H2,1-2H3,(H,19,20). The summed E-state index contributed by atoms with van der Waals surface area (Å²) in [6.07, 6.45) is 0. The van der Waals surface area contributed by atoms with Gasteiger partial charge in [0.05, 0.1) is 11.4 Å². The minimum absolute atomic E-state index is 0.198. The molecule has 0 spiro atoms. The summed E-state index contributed by atoms with van der Waals surface area (Å²) in [7, 11) is 0. The van der Waals surface area contributed by atoms with Crippen LogP contribution in [0.15, 0.2) is 34.8 Å². The molecule has 0 radical (unpaired) electrons. The van der Waals surface area contributed by atoms with Gasteiger partial charge in [-0.1, -0.05) is 27.5 Å². The van der Waals surface area contributed by atoms with Crippen LogP contribution in [0, 0.1) is 13.8 Å². The topological polar surface area (TPSA) is 55.1 Å². The van der Waals surface area contributed by atoms with Crippen LogP contribution in [0.2, 0.25) is 5.02 Å². The van der Waals surface area contributed by atoms with Crippen LogP contribution in [-0.4, -0.2) is 5.91 Å². The zero-order valence-electron chi connectivity index (χ0n) is 11.1. The van der Waals surface area contributed by atoms with Gasteiger partial charge in [-0.25, -0.2) is 0 Å². The van der Waals surface area contributed by atoms with Crippen molar-refractivity contribution in [2.24, 2.45) is 0 Å². The van der Waals surface area contributed by atoms with Crippen LogP contribution < -0.4 is 11.1 Å². The van der Waals surface area contributed by atoms with Crippen LogP contribution >= 0.6 is 27.5 Å². The second-order valence-corrected chi connectivity index (χ2v) is 5.95. The first-order valence-corrected chi connectivity index (χ1v) is 7.18. The van der Waals surface area contributed by atoms with Crippen LogP contribution in [0.5, 0.6) is 0 Å². The Labute approximate surface area is 131 Å². The van der Waals surface area contributed by atoms with Gasteiger partial charge in [-0.3, -0.25) is 4.79 Å². The molecule has 0 aliphatic heterocycles. The molecule has 0 aliphatic carbocycles. The predicted octanol–water partition coefficient (Wildman–Crippen LogP) is 4.55. The number of nitrogens with one attached hydrogen (secondary N) is 1. The van der Waals surface area contributed by atoms with Gasteiger partial charge >= 0.3 is 0 Å². The summed E-state index contributed by atoms with van der Waals surface area (Å²) in [5.74, 6) is -0.198. The predicted molar refractivity (Wildman–Crippen MR) is 87.4 cm³/mol. The monoisotopic (exact) mass is 352 g/mol. The van der Waals surface area contributed by atoms with Crippen LogP contribution in [0.25, 0.3) is 0 Å². The minimum atomic E-state index is -0.198. The quantitative estimate of drug-likeness (QED) is 0.778. The Balaban J connectivity index is 2.33. The van der Waals surface area contributed by atoms with Gasteiger partial charge in [0, 0.05) is 15.1 Å². The lowest BCUT2D eigenvalue weighted by Gasteiger charge is -2.13. The molecule has 0 bridgehead atoms. The van der Waals surface area contributed by atoms with Crippen molar-refractivity contribution in [3.63, 3.8) is 0 Å². The number of carbonyl (C=O) groups excluding carboxylic acids is 1. The number of carbonyl (C=O) groups is 1. The summed E-state index contributed by atoms with van der Waals surface area (Å²) in [5.41, 5.74) is 9.40. The lowest BCUT2D eigenvalue weighted by atomic mass is 10.1. The van der Waals surface area contributed by atoms with Crippen molar-refractivity contribution in [1.29, 1.82) is 0 Å². The van der Waals surface area contributed by atoms with Gasteiger partial charge in [0.15, 0.2) is 0 Å². The maximum atomic E-state index is 12.3. The third-order valence-corrected chi connectivity index (χ3v) is 3.70. The molecule has 20 heavy (non-hydrogen) atoms. The average Bonchev–Trinajstić information content (AvgIpc) is 2.33. The summed E-state index contributed by atoms with van der Waals surface area (Å²) in [6, 6.07) is 8.82. The zero-order chi connectivity index (χ0) is 14.9. The number of hydrogen-bond donors (Lipinski definition) is 2. The van der Waals surface area contributed by atoms with Gasteiger partial charge in [-0.2, -0.15) is 0 Å². The molecule has 0 aliphatic rings. The fraction of sp³-hybridized carbons (Fsp3) is 0.133. The van der Waals surface area contributed by atoms with E-state index in [1.165, 1.54) is 0 Å². The smallest absolute Gasteiger partial charge is 0.255 e. The summed E-state index contributed by atoms with van der Waals surface area (Å²) in [4.78, 5) is 12.3. The van der Waals surface area contributed by atoms with Gasteiger partial charge in [-0.05, 0) is 55.3 Å². The largest absolute Gasteiger partial charge is 0.397 e. The Kier molecular flexibility index (Phi) is 4.35. The first-order valence-electron chi connectivity index (χ1n) is 6.01. The molecular formula is C15H14BrClN2O. The molecular weight excluding hydrogens is 340 g/mol. The highest BCUT2D eigenvalue weighted by Gasteiger charge is 2.13. The average molecular weight is 354 g/mol. The summed E-state index contributed by atoms with van der Waals surface area (Å²) in [5, 5.41) is 3.46. The fourth-order valence-electron chi connectivity index (χ4n) is 2.00. The van der Waals surface area contributed by atoms with E-state index in [9.17, 15) is 4.79 Å². The van der Waals surface area contributed by atoms with E-state index in [2.05, 4.69) is 21.2 Å². The van der Waals surface area contributed by atoms with E-state index in [-0.39, 0.29) is 5.91 Å². The van der Waals surface area contributed by atoms with E-state index in [0.717, 1.165) is 15.6 Å². The Hall–Kier alpha value is -1.52. The third-order valence-electron chi connectivity index (χ3n) is 3.00. The van der Waals surface area contributed by atoms with E-state index >= 15 is 0 Å². The molecule has 0 saturated heterocycles. The SMILES string of the molecule is Cc1cc(Cl)ccc1C(=O)Nc1c(C)cc(Br)cc1N. The van der Waals surface area contributed by atoms with Crippen molar-refractivity contribution in [1.82, 2.24) is 0 Å². The maximum Gasteiger partial charge on any atom is 0.255 e. The molecule has 0 atom stereocenters. The van der Waals surface area contributed by atoms with Gasteiger partial charge in [0.2, 0.25) is 0 Å². The first kappa shape index (κ1) is 14.9. The van der Waals surface area contributed by atoms with Gasteiger partial charge in [0.25, 0.3) is 5.91 Å². The number of anilines is 2. The van der Waals surface area contributed by atoms with Crippen molar-refractivity contribution in [3.05, 3.63) is 56.5 Å². The van der Waals surface area contributed by atoms with E-state index in [0.29, 0.717) is 22.0 Å². The first-order chi connectivity index (χ1) is 9.38. The summed E-state index contributed by atoms with van der Waals surface area (Å²) in [6.45, 7) is 3.74. The molecule has 104 valence electrons. The number of amides is 1. The second kappa shape index (κ2) is 5.85. The van der Waals surface area contributed by atoms with Crippen LogP contribution in [0.3, 0.4) is 0 Å². The molecule has 1 amide bonds. The van der Waals surface area contributed by atoms with E-state index in [4.69, 9.17) is 17.3 Å². The Morgan fingerprint density at radius 1 is 1.20 bits per heavy atom. The maximum absolute atomic E-state index is 12.3. The number of rotatable bonds is 2. The zero-order valence-corrected chi connectivity index (χ0v) is 13.5. The van der Waals surface area contributed by atoms with Crippen molar-refractivity contribution in [3.8, 4) is 0 Å². The molecule has 3 nitrogen and oxygen atoms in total. The highest BCUT2D eigenvalue weighted by atomic mass is 79.9. The van der Waals surface area contributed by atoms with Crippen molar-refractivity contribution in [2.45, 2.75) is 13.8 Å². The van der Waals surface area contributed by atoms with Crippen LogP contribution in [0.1, 0.15) is 21.5 Å². The number of nitrogens with two attached hydrogens (primary N) is 1. The van der Waals surface area contributed by atoms with Gasteiger partial charge in [-0.15, -0.1) is 0 Å². The molecule has 0 fully saturated rings. The normalized spacial score (nSPS) is 10.4. The summed E-state index contributed by atoms with van der Waals surface area (Å²) >= 11 is 9.26. The Bertz CT molecular complexity index is 663. The molecule has 5 heteroatoms. The van der Waals surface area contributed by atoms with Gasteiger partial charge in [0.1, 0.15) is 0 Å². The van der Waals surface area contributed by atoms with Crippen molar-refractivity contribution < 1.29 is 4.79 Å². The molecule has 0 unspecified atom stereocenters.